The second-order valence-corrected chi connectivity index (χ2v) is 9.17. The van der Waals surface area contributed by atoms with Crippen LogP contribution in [0.25, 0.3) is 11.5 Å². The van der Waals surface area contributed by atoms with E-state index in [-0.39, 0.29) is 18.3 Å². The van der Waals surface area contributed by atoms with Gasteiger partial charge in [0.15, 0.2) is 28.4 Å². The maximum Gasteiger partial charge on any atom is 0.350 e. The standard InChI is InChI=1S/C22H22N6O5S2/c1-3-32-20(29)19-13(2)25-22(34-19)28-21-26-16(17-10-23-12-33-17)8-18(27-21)24-9-14-4-6-15(7-5-14)11-35(30)31/h4-8,10,12H,3,9,11H2,1-2H3,(H,30,31)(H2,24,25,26,27,28). The Balaban J connectivity index is 1.54. The fourth-order valence-corrected chi connectivity index (χ4v) is 4.41. The molecule has 3 N–H and O–H groups in total. The van der Waals surface area contributed by atoms with E-state index in [4.69, 9.17) is 13.7 Å². The van der Waals surface area contributed by atoms with Crippen LogP contribution < -0.4 is 10.6 Å². The molecule has 1 aromatic carbocycles. The number of aryl methyl sites for hydroxylation is 1. The highest BCUT2D eigenvalue weighted by atomic mass is 32.2. The van der Waals surface area contributed by atoms with E-state index in [1.165, 1.54) is 6.39 Å². The predicted octanol–water partition coefficient (Wildman–Crippen LogP) is 4.15. The van der Waals surface area contributed by atoms with Gasteiger partial charge in [0.05, 0.1) is 24.3 Å². The van der Waals surface area contributed by atoms with Crippen LogP contribution in [-0.2, 0) is 28.1 Å². The minimum Gasteiger partial charge on any atom is -0.462 e. The summed E-state index contributed by atoms with van der Waals surface area (Å²) in [6.07, 6.45) is 2.86. The van der Waals surface area contributed by atoms with Crippen LogP contribution in [0, 0.1) is 6.92 Å². The van der Waals surface area contributed by atoms with Gasteiger partial charge in [0.2, 0.25) is 5.95 Å². The van der Waals surface area contributed by atoms with Gasteiger partial charge in [-0.3, -0.25) is 5.32 Å². The molecular formula is C22H22N6O5S2. The van der Waals surface area contributed by atoms with Crippen LogP contribution in [0.15, 0.2) is 47.3 Å². The van der Waals surface area contributed by atoms with E-state index in [0.717, 1.165) is 22.5 Å². The first-order valence-electron chi connectivity index (χ1n) is 10.5. The highest BCUT2D eigenvalue weighted by Crippen LogP contribution is 2.27. The van der Waals surface area contributed by atoms with Crippen LogP contribution in [0.1, 0.15) is 33.4 Å². The van der Waals surface area contributed by atoms with E-state index in [2.05, 4.69) is 30.6 Å². The Hall–Kier alpha value is -3.68. The number of aromatic nitrogens is 4. The summed E-state index contributed by atoms with van der Waals surface area (Å²) in [6.45, 7) is 4.21. The van der Waals surface area contributed by atoms with Gasteiger partial charge in [-0.1, -0.05) is 35.6 Å². The summed E-state index contributed by atoms with van der Waals surface area (Å²) < 4.78 is 30.5. The Morgan fingerprint density at radius 1 is 1.20 bits per heavy atom. The lowest BCUT2D eigenvalue weighted by Gasteiger charge is -2.10. The molecule has 0 fully saturated rings. The van der Waals surface area contributed by atoms with Gasteiger partial charge in [0.25, 0.3) is 0 Å². The Kier molecular flexibility index (Phi) is 7.80. The molecule has 0 aliphatic carbocycles. The first-order chi connectivity index (χ1) is 16.9. The van der Waals surface area contributed by atoms with Crippen LogP contribution in [0.4, 0.5) is 16.9 Å². The molecule has 0 saturated carbocycles. The molecule has 3 aromatic heterocycles. The van der Waals surface area contributed by atoms with Crippen molar-refractivity contribution >= 4 is 45.3 Å². The van der Waals surface area contributed by atoms with Gasteiger partial charge in [-0.05, 0) is 25.0 Å². The van der Waals surface area contributed by atoms with Crippen molar-refractivity contribution in [1.82, 2.24) is 19.9 Å². The number of hydrogen-bond donors (Lipinski definition) is 3. The van der Waals surface area contributed by atoms with Crippen LogP contribution in [0.2, 0.25) is 0 Å². The van der Waals surface area contributed by atoms with Crippen molar-refractivity contribution in [2.24, 2.45) is 0 Å². The monoisotopic (exact) mass is 514 g/mol. The zero-order valence-electron chi connectivity index (χ0n) is 18.8. The topological polar surface area (TPSA) is 152 Å². The number of carbonyl (C=O) groups excluding carboxylic acids is 1. The SMILES string of the molecule is CCOC(=O)c1sc(Nc2nc(NCc3ccc(CS(=O)O)cc3)cc(-c3cnco3)n2)nc1C. The lowest BCUT2D eigenvalue weighted by Crippen LogP contribution is -2.05. The van der Waals surface area contributed by atoms with Crippen LogP contribution in [0.3, 0.4) is 0 Å². The lowest BCUT2D eigenvalue weighted by molar-refractivity contribution is 0.0531. The van der Waals surface area contributed by atoms with Gasteiger partial charge in [-0.25, -0.2) is 24.0 Å². The minimum absolute atomic E-state index is 0.0866. The van der Waals surface area contributed by atoms with Crippen molar-refractivity contribution in [3.63, 3.8) is 0 Å². The molecule has 0 aliphatic heterocycles. The van der Waals surface area contributed by atoms with Crippen LogP contribution >= 0.6 is 11.3 Å². The number of ether oxygens (including phenoxy) is 1. The van der Waals surface area contributed by atoms with E-state index >= 15 is 0 Å². The molecule has 0 bridgehead atoms. The fraction of sp³-hybridized carbons (Fsp3) is 0.227. The molecule has 4 aromatic rings. The summed E-state index contributed by atoms with van der Waals surface area (Å²) in [5, 5.41) is 6.75. The molecule has 0 radical (unpaired) electrons. The molecule has 1 unspecified atom stereocenters. The molecule has 13 heteroatoms. The first kappa shape index (κ1) is 24.4. The number of oxazole rings is 1. The van der Waals surface area contributed by atoms with Gasteiger partial charge in [-0.15, -0.1) is 0 Å². The summed E-state index contributed by atoms with van der Waals surface area (Å²) >= 11 is -0.726. The van der Waals surface area contributed by atoms with Gasteiger partial charge in [0.1, 0.15) is 16.4 Å². The van der Waals surface area contributed by atoms with Gasteiger partial charge in [0, 0.05) is 12.6 Å². The summed E-state index contributed by atoms with van der Waals surface area (Å²) in [5.74, 6) is 0.899. The summed E-state index contributed by atoms with van der Waals surface area (Å²) in [6, 6.07) is 9.10. The zero-order chi connectivity index (χ0) is 24.8. The summed E-state index contributed by atoms with van der Waals surface area (Å²) in [7, 11) is 0. The molecule has 0 spiro atoms. The quantitative estimate of drug-likeness (QED) is 0.207. The summed E-state index contributed by atoms with van der Waals surface area (Å²) in [4.78, 5) is 29.9. The molecule has 4 rings (SSSR count). The Bertz CT molecular complexity index is 1320. The van der Waals surface area contributed by atoms with Crippen molar-refractivity contribution < 1.29 is 22.7 Å². The van der Waals surface area contributed by atoms with E-state index in [0.29, 0.717) is 39.5 Å². The van der Waals surface area contributed by atoms with E-state index in [1.54, 1.807) is 26.1 Å². The highest BCUT2D eigenvalue weighted by molar-refractivity contribution is 7.78. The number of carbonyl (C=O) groups is 1. The largest absolute Gasteiger partial charge is 0.462 e. The van der Waals surface area contributed by atoms with E-state index in [9.17, 15) is 9.00 Å². The van der Waals surface area contributed by atoms with Crippen LogP contribution in [-0.4, -0.2) is 41.3 Å². The third kappa shape index (κ3) is 6.47. The third-order valence-corrected chi connectivity index (χ3v) is 6.31. The van der Waals surface area contributed by atoms with Crippen molar-refractivity contribution in [1.29, 1.82) is 0 Å². The van der Waals surface area contributed by atoms with Crippen LogP contribution in [0.5, 0.6) is 0 Å². The predicted molar refractivity (Wildman–Crippen MR) is 132 cm³/mol. The van der Waals surface area contributed by atoms with Crippen molar-refractivity contribution in [3.8, 4) is 11.5 Å². The second kappa shape index (κ2) is 11.2. The highest BCUT2D eigenvalue weighted by Gasteiger charge is 2.18. The van der Waals surface area contributed by atoms with Crippen molar-refractivity contribution in [3.05, 3.63) is 64.6 Å². The molecule has 182 valence electrons. The number of thiazole rings is 1. The number of nitrogens with zero attached hydrogens (tertiary/aromatic N) is 4. The normalized spacial score (nSPS) is 11.7. The third-order valence-electron chi connectivity index (χ3n) is 4.67. The van der Waals surface area contributed by atoms with Crippen molar-refractivity contribution in [2.75, 3.05) is 17.2 Å². The second-order valence-electron chi connectivity index (χ2n) is 7.24. The maximum atomic E-state index is 12.1. The Morgan fingerprint density at radius 2 is 1.97 bits per heavy atom. The molecule has 0 saturated heterocycles. The van der Waals surface area contributed by atoms with E-state index in [1.807, 2.05) is 24.3 Å². The number of hydrogen-bond acceptors (Lipinski definition) is 11. The zero-order valence-corrected chi connectivity index (χ0v) is 20.5. The fourth-order valence-electron chi connectivity index (χ4n) is 3.08. The molecule has 11 nitrogen and oxygen atoms in total. The number of benzene rings is 1. The van der Waals surface area contributed by atoms with Gasteiger partial charge < -0.3 is 19.0 Å². The Labute approximate surface area is 207 Å². The number of anilines is 3. The Morgan fingerprint density at radius 3 is 2.66 bits per heavy atom. The minimum atomic E-state index is -1.88. The smallest absolute Gasteiger partial charge is 0.350 e. The number of nitrogens with one attached hydrogen (secondary N) is 2. The maximum absolute atomic E-state index is 12.1. The molecule has 1 atom stereocenters. The number of esters is 1. The van der Waals surface area contributed by atoms with Gasteiger partial charge >= 0.3 is 5.97 Å². The van der Waals surface area contributed by atoms with E-state index < -0.39 is 17.0 Å². The average Bonchev–Trinajstić information content (AvgIpc) is 3.48. The number of rotatable bonds is 10. The molecule has 3 heterocycles. The molecular weight excluding hydrogens is 492 g/mol. The molecule has 0 aliphatic rings. The average molecular weight is 515 g/mol. The van der Waals surface area contributed by atoms with Crippen molar-refractivity contribution in [2.45, 2.75) is 26.1 Å². The lowest BCUT2D eigenvalue weighted by atomic mass is 10.1. The molecule has 35 heavy (non-hydrogen) atoms. The molecule has 0 amide bonds. The first-order valence-corrected chi connectivity index (χ1v) is 12.6. The summed E-state index contributed by atoms with van der Waals surface area (Å²) in [5.41, 5.74) is 2.79. The van der Waals surface area contributed by atoms with Gasteiger partial charge in [-0.2, -0.15) is 4.98 Å².